The van der Waals surface area contributed by atoms with Crippen LogP contribution in [0, 0.1) is 0 Å². The van der Waals surface area contributed by atoms with E-state index in [0.29, 0.717) is 5.57 Å². The van der Waals surface area contributed by atoms with Gasteiger partial charge >= 0.3 is 6.18 Å². The third-order valence-corrected chi connectivity index (χ3v) is 1.30. The highest BCUT2D eigenvalue weighted by Gasteiger charge is 2.37. The summed E-state index contributed by atoms with van der Waals surface area (Å²) in [7, 11) is 1.29. The van der Waals surface area contributed by atoms with Crippen LogP contribution in [0.3, 0.4) is 0 Å². The Bertz CT molecular complexity index is 139. The zero-order valence-electron chi connectivity index (χ0n) is 6.63. The smallest absolute Gasteiger partial charge is 0.309 e. The maximum absolute atomic E-state index is 12.0. The summed E-state index contributed by atoms with van der Waals surface area (Å²) in [6.07, 6.45) is -4.23. The van der Waals surface area contributed by atoms with Gasteiger partial charge in [-0.3, -0.25) is 0 Å². The maximum atomic E-state index is 12.0. The van der Waals surface area contributed by atoms with E-state index in [1.54, 1.807) is 6.92 Å². The molecular weight excluding hydrogens is 155 g/mol. The van der Waals surface area contributed by atoms with Crippen LogP contribution in [0.4, 0.5) is 13.2 Å². The number of nitrogens with one attached hydrogen (secondary N) is 1. The largest absolute Gasteiger partial charge is 0.404 e. The van der Waals surface area contributed by atoms with Crippen LogP contribution in [0.25, 0.3) is 0 Å². The summed E-state index contributed by atoms with van der Waals surface area (Å²) < 4.78 is 35.9. The lowest BCUT2D eigenvalue weighted by Gasteiger charge is -2.19. The second kappa shape index (κ2) is 3.76. The molecule has 0 aliphatic rings. The summed E-state index contributed by atoms with van der Waals surface area (Å²) >= 11 is 0. The highest BCUT2D eigenvalue weighted by atomic mass is 19.4. The van der Waals surface area contributed by atoms with Crippen molar-refractivity contribution < 1.29 is 13.2 Å². The highest BCUT2D eigenvalue weighted by Crippen LogP contribution is 2.23. The van der Waals surface area contributed by atoms with E-state index in [4.69, 9.17) is 0 Å². The Morgan fingerprint density at radius 1 is 1.55 bits per heavy atom. The third-order valence-electron chi connectivity index (χ3n) is 1.30. The first-order valence-electron chi connectivity index (χ1n) is 3.26. The Morgan fingerprint density at radius 3 is 2.09 bits per heavy atom. The molecule has 0 heterocycles. The summed E-state index contributed by atoms with van der Waals surface area (Å²) in [6, 6.07) is -1.46. The second-order valence-electron chi connectivity index (χ2n) is 2.54. The van der Waals surface area contributed by atoms with Crippen molar-refractivity contribution in [2.75, 3.05) is 7.05 Å². The molecule has 0 spiro atoms. The van der Waals surface area contributed by atoms with Crippen LogP contribution in [0.1, 0.15) is 13.3 Å². The standard InChI is InChI=1S/C7H12F3N/c1-5(2)4-6(11-3)7(8,9)10/h6,11H,1,4H2,2-3H3. The molecule has 0 aromatic heterocycles. The molecule has 0 amide bonds. The van der Waals surface area contributed by atoms with Gasteiger partial charge in [0.25, 0.3) is 0 Å². The molecule has 0 saturated carbocycles. The van der Waals surface area contributed by atoms with Gasteiger partial charge in [-0.15, -0.1) is 6.58 Å². The Labute approximate surface area is 64.3 Å². The van der Waals surface area contributed by atoms with E-state index in [-0.39, 0.29) is 6.42 Å². The zero-order chi connectivity index (χ0) is 9.07. The van der Waals surface area contributed by atoms with Gasteiger partial charge in [-0.25, -0.2) is 0 Å². The van der Waals surface area contributed by atoms with Gasteiger partial charge in [-0.2, -0.15) is 13.2 Å². The SMILES string of the molecule is C=C(C)CC(NC)C(F)(F)F. The van der Waals surface area contributed by atoms with Crippen LogP contribution >= 0.6 is 0 Å². The molecule has 0 bridgehead atoms. The molecule has 1 N–H and O–H groups in total. The Hall–Kier alpha value is -0.510. The quantitative estimate of drug-likeness (QED) is 0.635. The van der Waals surface area contributed by atoms with Crippen LogP contribution in [-0.2, 0) is 0 Å². The average molecular weight is 167 g/mol. The Balaban J connectivity index is 4.07. The molecule has 0 radical (unpaired) electrons. The molecule has 0 aromatic carbocycles. The molecule has 0 saturated heterocycles. The van der Waals surface area contributed by atoms with Gasteiger partial charge in [0.2, 0.25) is 0 Å². The van der Waals surface area contributed by atoms with Gasteiger partial charge in [-0.05, 0) is 20.4 Å². The zero-order valence-corrected chi connectivity index (χ0v) is 6.63. The normalized spacial score (nSPS) is 14.6. The van der Waals surface area contributed by atoms with Crippen molar-refractivity contribution in [3.8, 4) is 0 Å². The van der Waals surface area contributed by atoms with Crippen LogP contribution in [0.15, 0.2) is 12.2 Å². The second-order valence-corrected chi connectivity index (χ2v) is 2.54. The molecule has 0 rings (SSSR count). The first kappa shape index (κ1) is 10.5. The predicted octanol–water partition coefficient (Wildman–Crippen LogP) is 2.10. The summed E-state index contributed by atoms with van der Waals surface area (Å²) in [4.78, 5) is 0. The maximum Gasteiger partial charge on any atom is 0.404 e. The van der Waals surface area contributed by atoms with E-state index in [0.717, 1.165) is 0 Å². The number of halogens is 3. The van der Waals surface area contributed by atoms with Gasteiger partial charge < -0.3 is 5.32 Å². The average Bonchev–Trinajstić information content (AvgIpc) is 1.79. The van der Waals surface area contributed by atoms with Gasteiger partial charge in [0.05, 0.1) is 0 Å². The minimum atomic E-state index is -4.17. The molecule has 1 atom stereocenters. The summed E-state index contributed by atoms with van der Waals surface area (Å²) in [6.45, 7) is 5.00. The fraction of sp³-hybridized carbons (Fsp3) is 0.714. The first-order valence-corrected chi connectivity index (χ1v) is 3.26. The number of hydrogen-bond acceptors (Lipinski definition) is 1. The summed E-state index contributed by atoms with van der Waals surface area (Å²) in [5.41, 5.74) is 0.529. The van der Waals surface area contributed by atoms with E-state index < -0.39 is 12.2 Å². The van der Waals surface area contributed by atoms with Crippen molar-refractivity contribution in [2.45, 2.75) is 25.6 Å². The minimum absolute atomic E-state index is 0.0556. The predicted molar refractivity (Wildman–Crippen MR) is 38.3 cm³/mol. The topological polar surface area (TPSA) is 12.0 Å². The highest BCUT2D eigenvalue weighted by molar-refractivity contribution is 4.94. The van der Waals surface area contributed by atoms with Crippen LogP contribution in [0.5, 0.6) is 0 Å². The third kappa shape index (κ3) is 4.03. The van der Waals surface area contributed by atoms with E-state index in [1.165, 1.54) is 7.05 Å². The molecule has 0 fully saturated rings. The summed E-state index contributed by atoms with van der Waals surface area (Å²) in [5.74, 6) is 0. The molecule has 0 aliphatic heterocycles. The molecule has 1 nitrogen and oxygen atoms in total. The van der Waals surface area contributed by atoms with Crippen LogP contribution < -0.4 is 5.32 Å². The van der Waals surface area contributed by atoms with Crippen molar-refractivity contribution in [3.05, 3.63) is 12.2 Å². The van der Waals surface area contributed by atoms with Crippen LogP contribution in [0.2, 0.25) is 0 Å². The summed E-state index contributed by atoms with van der Waals surface area (Å²) in [5, 5.41) is 2.19. The van der Waals surface area contributed by atoms with Gasteiger partial charge in [-0.1, -0.05) is 5.57 Å². The van der Waals surface area contributed by atoms with E-state index in [9.17, 15) is 13.2 Å². The number of hydrogen-bond donors (Lipinski definition) is 1. The fourth-order valence-electron chi connectivity index (χ4n) is 0.730. The minimum Gasteiger partial charge on any atom is -0.309 e. The monoisotopic (exact) mass is 167 g/mol. The number of alkyl halides is 3. The van der Waals surface area contributed by atoms with E-state index >= 15 is 0 Å². The van der Waals surface area contributed by atoms with Gasteiger partial charge in [0.15, 0.2) is 0 Å². The van der Waals surface area contributed by atoms with Gasteiger partial charge in [0.1, 0.15) is 6.04 Å². The van der Waals surface area contributed by atoms with Crippen molar-refractivity contribution in [2.24, 2.45) is 0 Å². The lowest BCUT2D eigenvalue weighted by molar-refractivity contribution is -0.154. The first-order chi connectivity index (χ1) is 4.88. The van der Waals surface area contributed by atoms with E-state index in [1.807, 2.05) is 0 Å². The van der Waals surface area contributed by atoms with Crippen molar-refractivity contribution >= 4 is 0 Å². The van der Waals surface area contributed by atoms with Crippen molar-refractivity contribution in [1.82, 2.24) is 5.32 Å². The molecule has 66 valence electrons. The molecule has 11 heavy (non-hydrogen) atoms. The molecule has 0 aliphatic carbocycles. The van der Waals surface area contributed by atoms with E-state index in [2.05, 4.69) is 11.9 Å². The Morgan fingerprint density at radius 2 is 2.00 bits per heavy atom. The lowest BCUT2D eigenvalue weighted by Crippen LogP contribution is -2.40. The molecule has 1 unspecified atom stereocenters. The molecule has 4 heteroatoms. The van der Waals surface area contributed by atoms with Crippen molar-refractivity contribution in [3.63, 3.8) is 0 Å². The number of rotatable bonds is 3. The van der Waals surface area contributed by atoms with Crippen molar-refractivity contribution in [1.29, 1.82) is 0 Å². The fourth-order valence-corrected chi connectivity index (χ4v) is 0.730. The van der Waals surface area contributed by atoms with Crippen LogP contribution in [-0.4, -0.2) is 19.3 Å². The van der Waals surface area contributed by atoms with Gasteiger partial charge in [0, 0.05) is 0 Å². The molecular formula is C7H12F3N. The lowest BCUT2D eigenvalue weighted by atomic mass is 10.1. The molecule has 0 aromatic rings. The Kier molecular flexibility index (Phi) is 3.58.